The minimum Gasteiger partial charge on any atom is -0.455 e. The first kappa shape index (κ1) is 25.7. The molecule has 0 aliphatic heterocycles. The summed E-state index contributed by atoms with van der Waals surface area (Å²) < 4.78 is 11.1. The molecule has 218 valence electrons. The van der Waals surface area contributed by atoms with Crippen LogP contribution in [0.2, 0.25) is 0 Å². The van der Waals surface area contributed by atoms with Crippen molar-refractivity contribution in [2.75, 3.05) is 0 Å². The number of nitrogens with zero attached hydrogens (tertiary/aromatic N) is 3. The molecule has 3 aromatic heterocycles. The van der Waals surface area contributed by atoms with Crippen molar-refractivity contribution in [3.05, 3.63) is 157 Å². The molecule has 7 aromatic carbocycles. The number of nitriles is 1. The van der Waals surface area contributed by atoms with Gasteiger partial charge in [-0.3, -0.25) is 0 Å². The molecular weight excluding hydrogens is 574 g/mol. The molecule has 0 saturated heterocycles. The van der Waals surface area contributed by atoms with Gasteiger partial charge in [0, 0.05) is 38.3 Å². The van der Waals surface area contributed by atoms with Gasteiger partial charge < -0.3 is 13.6 Å². The average molecular weight is 600 g/mol. The van der Waals surface area contributed by atoms with Crippen LogP contribution < -0.4 is 0 Å². The van der Waals surface area contributed by atoms with Gasteiger partial charge in [0.1, 0.15) is 11.2 Å². The lowest BCUT2D eigenvalue weighted by atomic mass is 10.0. The van der Waals surface area contributed by atoms with Gasteiger partial charge in [0.05, 0.1) is 39.1 Å². The maximum atomic E-state index is 10.2. The molecule has 0 radical (unpaired) electrons. The zero-order valence-corrected chi connectivity index (χ0v) is 25.2. The fraction of sp³-hybridized carbons (Fsp3) is 0. The Morgan fingerprint density at radius 3 is 1.81 bits per heavy atom. The molecule has 0 aliphatic rings. The van der Waals surface area contributed by atoms with E-state index < -0.39 is 0 Å². The fourth-order valence-electron chi connectivity index (χ4n) is 7.51. The van der Waals surface area contributed by atoms with Gasteiger partial charge in [-0.2, -0.15) is 5.26 Å². The second-order valence-corrected chi connectivity index (χ2v) is 12.1. The second kappa shape index (κ2) is 9.71. The lowest BCUT2D eigenvalue weighted by Crippen LogP contribution is -1.97. The molecule has 4 heteroatoms. The average Bonchev–Trinajstić information content (AvgIpc) is 3.79. The van der Waals surface area contributed by atoms with Crippen molar-refractivity contribution in [2.45, 2.75) is 0 Å². The predicted molar refractivity (Wildman–Crippen MR) is 193 cm³/mol. The Kier molecular flexibility index (Phi) is 5.32. The smallest absolute Gasteiger partial charge is 0.145 e. The number of fused-ring (bicyclic) bond motifs is 10. The van der Waals surface area contributed by atoms with E-state index in [2.05, 4.69) is 143 Å². The van der Waals surface area contributed by atoms with Crippen LogP contribution in [0.4, 0.5) is 0 Å². The Balaban J connectivity index is 1.21. The number of para-hydroxylation sites is 4. The summed E-state index contributed by atoms with van der Waals surface area (Å²) >= 11 is 0. The summed E-state index contributed by atoms with van der Waals surface area (Å²) in [5, 5.41) is 17.1. The Morgan fingerprint density at radius 2 is 1.06 bits per heavy atom. The molecule has 4 nitrogen and oxygen atoms in total. The van der Waals surface area contributed by atoms with Gasteiger partial charge in [0.15, 0.2) is 0 Å². The molecule has 0 amide bonds. The molecule has 47 heavy (non-hydrogen) atoms. The molecule has 10 aromatic rings. The van der Waals surface area contributed by atoms with Crippen LogP contribution in [0.15, 0.2) is 156 Å². The van der Waals surface area contributed by atoms with Crippen LogP contribution in [0, 0.1) is 11.3 Å². The van der Waals surface area contributed by atoms with Gasteiger partial charge in [0.2, 0.25) is 0 Å². The molecule has 0 N–H and O–H groups in total. The summed E-state index contributed by atoms with van der Waals surface area (Å²) in [7, 11) is 0. The van der Waals surface area contributed by atoms with Gasteiger partial charge in [0.25, 0.3) is 0 Å². The Labute approximate surface area is 269 Å². The van der Waals surface area contributed by atoms with E-state index in [1.807, 2.05) is 24.3 Å². The SMILES string of the molecule is N#Cc1cc(-c2cccc(-n3c4ccccc4c4ccccc43)c2)cc(-n2c3ccccc3c3c4oc5ccccc5c4ccc32)c1. The zero-order valence-electron chi connectivity index (χ0n) is 25.2. The first-order valence-corrected chi connectivity index (χ1v) is 15.7. The van der Waals surface area contributed by atoms with E-state index in [0.29, 0.717) is 5.56 Å². The number of furan rings is 1. The van der Waals surface area contributed by atoms with Gasteiger partial charge in [-0.05, 0) is 77.9 Å². The van der Waals surface area contributed by atoms with Crippen molar-refractivity contribution in [1.82, 2.24) is 9.13 Å². The number of aromatic nitrogens is 2. The largest absolute Gasteiger partial charge is 0.455 e. The minimum absolute atomic E-state index is 0.607. The van der Waals surface area contributed by atoms with E-state index in [0.717, 1.165) is 66.2 Å². The third kappa shape index (κ3) is 3.69. The monoisotopic (exact) mass is 599 g/mol. The molecular formula is C43H25N3O. The third-order valence-corrected chi connectivity index (χ3v) is 9.50. The summed E-state index contributed by atoms with van der Waals surface area (Å²) in [6, 6.07) is 55.3. The van der Waals surface area contributed by atoms with Crippen molar-refractivity contribution in [3.63, 3.8) is 0 Å². The first-order valence-electron chi connectivity index (χ1n) is 15.7. The standard InChI is InChI=1S/C43H25N3O/c44-26-27-22-29(28-10-9-11-30(24-28)45-37-16-5-1-12-32(37)33-13-2-6-17-38(33)45)25-31(23-27)46-39-18-7-3-15-36(39)42-40(46)21-20-35-34-14-4-8-19-41(34)47-43(35)42/h1-25H. The van der Waals surface area contributed by atoms with E-state index in [9.17, 15) is 5.26 Å². The minimum atomic E-state index is 0.607. The highest BCUT2D eigenvalue weighted by Gasteiger charge is 2.19. The highest BCUT2D eigenvalue weighted by molar-refractivity contribution is 6.23. The van der Waals surface area contributed by atoms with E-state index in [-0.39, 0.29) is 0 Å². The summed E-state index contributed by atoms with van der Waals surface area (Å²) in [6.45, 7) is 0. The van der Waals surface area contributed by atoms with E-state index in [1.54, 1.807) is 0 Å². The van der Waals surface area contributed by atoms with Gasteiger partial charge in [-0.1, -0.05) is 84.9 Å². The summed E-state index contributed by atoms with van der Waals surface area (Å²) in [4.78, 5) is 0. The molecule has 0 bridgehead atoms. The van der Waals surface area contributed by atoms with Crippen LogP contribution in [-0.4, -0.2) is 9.13 Å². The van der Waals surface area contributed by atoms with Gasteiger partial charge >= 0.3 is 0 Å². The van der Waals surface area contributed by atoms with Crippen molar-refractivity contribution in [3.8, 4) is 28.6 Å². The lowest BCUT2D eigenvalue weighted by molar-refractivity contribution is 0.673. The molecule has 3 heterocycles. The molecule has 0 unspecified atom stereocenters. The second-order valence-electron chi connectivity index (χ2n) is 12.1. The number of hydrogen-bond donors (Lipinski definition) is 0. The molecule has 0 spiro atoms. The van der Waals surface area contributed by atoms with Gasteiger partial charge in [-0.25, -0.2) is 0 Å². The van der Waals surface area contributed by atoms with Crippen molar-refractivity contribution in [2.24, 2.45) is 0 Å². The first-order chi connectivity index (χ1) is 23.3. The lowest BCUT2D eigenvalue weighted by Gasteiger charge is -2.13. The van der Waals surface area contributed by atoms with Crippen LogP contribution in [0.5, 0.6) is 0 Å². The fourth-order valence-corrected chi connectivity index (χ4v) is 7.51. The van der Waals surface area contributed by atoms with Crippen LogP contribution in [0.25, 0.3) is 88.1 Å². The molecule has 0 atom stereocenters. The summed E-state index contributed by atoms with van der Waals surface area (Å²) in [5.41, 5.74) is 10.8. The van der Waals surface area contributed by atoms with Crippen LogP contribution >= 0.6 is 0 Å². The zero-order chi connectivity index (χ0) is 31.1. The van der Waals surface area contributed by atoms with E-state index >= 15 is 0 Å². The third-order valence-electron chi connectivity index (χ3n) is 9.50. The maximum Gasteiger partial charge on any atom is 0.145 e. The normalized spacial score (nSPS) is 11.8. The molecule has 0 aliphatic carbocycles. The number of hydrogen-bond acceptors (Lipinski definition) is 2. The highest BCUT2D eigenvalue weighted by Crippen LogP contribution is 2.41. The summed E-state index contributed by atoms with van der Waals surface area (Å²) in [6.07, 6.45) is 0. The summed E-state index contributed by atoms with van der Waals surface area (Å²) in [5.74, 6) is 0. The van der Waals surface area contributed by atoms with Crippen molar-refractivity contribution in [1.29, 1.82) is 5.26 Å². The molecule has 10 rings (SSSR count). The highest BCUT2D eigenvalue weighted by atomic mass is 16.3. The topological polar surface area (TPSA) is 46.8 Å². The Morgan fingerprint density at radius 1 is 0.447 bits per heavy atom. The maximum absolute atomic E-state index is 10.2. The Bertz CT molecular complexity index is 2880. The van der Waals surface area contributed by atoms with E-state index in [4.69, 9.17) is 4.42 Å². The van der Waals surface area contributed by atoms with Crippen molar-refractivity contribution < 1.29 is 4.42 Å². The van der Waals surface area contributed by atoms with E-state index in [1.165, 1.54) is 21.8 Å². The molecule has 0 saturated carbocycles. The van der Waals surface area contributed by atoms with Crippen molar-refractivity contribution >= 4 is 65.6 Å². The van der Waals surface area contributed by atoms with Crippen LogP contribution in [-0.2, 0) is 0 Å². The van der Waals surface area contributed by atoms with Crippen LogP contribution in [0.1, 0.15) is 5.56 Å². The molecule has 0 fully saturated rings. The van der Waals surface area contributed by atoms with Gasteiger partial charge in [-0.15, -0.1) is 0 Å². The predicted octanol–water partition coefficient (Wildman–Crippen LogP) is 11.3. The van der Waals surface area contributed by atoms with Crippen LogP contribution in [0.3, 0.4) is 0 Å². The number of rotatable bonds is 3. The quantitative estimate of drug-likeness (QED) is 0.203. The number of benzene rings is 7. The Hall–Kier alpha value is -6.57.